The van der Waals surface area contributed by atoms with Gasteiger partial charge in [0.25, 0.3) is 0 Å². The van der Waals surface area contributed by atoms with Crippen LogP contribution in [0, 0.1) is 5.92 Å². The number of carbonyl (C=O) groups is 1. The van der Waals surface area contributed by atoms with Crippen molar-refractivity contribution in [1.29, 1.82) is 0 Å². The van der Waals surface area contributed by atoms with Gasteiger partial charge in [-0.3, -0.25) is 10.0 Å². The van der Waals surface area contributed by atoms with E-state index < -0.39 is 0 Å². The van der Waals surface area contributed by atoms with Crippen LogP contribution in [0.1, 0.15) is 12.8 Å². The molecular weight excluding hydrogens is 132 g/mol. The standard InChI is InChI=1S/C6H12N2O2/c9-6(8-10)5-1-3-7-4-2-5/h5,7,10H,1-4H2,(H,8,9). The highest BCUT2D eigenvalue weighted by Crippen LogP contribution is 2.10. The van der Waals surface area contributed by atoms with Crippen LogP contribution >= 0.6 is 0 Å². The molecule has 0 aromatic carbocycles. The average molecular weight is 144 g/mol. The first-order valence-corrected chi connectivity index (χ1v) is 3.49. The van der Waals surface area contributed by atoms with E-state index in [2.05, 4.69) is 5.32 Å². The third-order valence-electron chi connectivity index (χ3n) is 1.82. The smallest absolute Gasteiger partial charge is 0.246 e. The molecule has 58 valence electrons. The number of piperidine rings is 1. The van der Waals surface area contributed by atoms with Gasteiger partial charge in [-0.2, -0.15) is 0 Å². The molecule has 1 saturated heterocycles. The Kier molecular flexibility index (Phi) is 2.65. The number of hydrogen-bond acceptors (Lipinski definition) is 3. The molecule has 1 aliphatic heterocycles. The van der Waals surface area contributed by atoms with Crippen molar-refractivity contribution in [1.82, 2.24) is 10.8 Å². The Morgan fingerprint density at radius 2 is 2.10 bits per heavy atom. The predicted molar refractivity (Wildman–Crippen MR) is 35.5 cm³/mol. The molecule has 0 aromatic heterocycles. The molecule has 0 spiro atoms. The summed E-state index contributed by atoms with van der Waals surface area (Å²) in [5.41, 5.74) is 1.67. The van der Waals surface area contributed by atoms with Gasteiger partial charge in [0.15, 0.2) is 0 Å². The largest absolute Gasteiger partial charge is 0.317 e. The van der Waals surface area contributed by atoms with Gasteiger partial charge in [0.2, 0.25) is 5.91 Å². The SMILES string of the molecule is O=C(NO)C1CCNCC1. The summed E-state index contributed by atoms with van der Waals surface area (Å²) in [5.74, 6) is -0.243. The maximum Gasteiger partial charge on any atom is 0.246 e. The topological polar surface area (TPSA) is 61.4 Å². The van der Waals surface area contributed by atoms with Crippen LogP contribution in [-0.2, 0) is 4.79 Å². The van der Waals surface area contributed by atoms with Gasteiger partial charge in [-0.15, -0.1) is 0 Å². The van der Waals surface area contributed by atoms with Crippen LogP contribution in [0.4, 0.5) is 0 Å². The van der Waals surface area contributed by atoms with Gasteiger partial charge in [-0.25, -0.2) is 5.48 Å². The molecule has 4 nitrogen and oxygen atoms in total. The van der Waals surface area contributed by atoms with Gasteiger partial charge in [-0.1, -0.05) is 0 Å². The van der Waals surface area contributed by atoms with Gasteiger partial charge in [0.05, 0.1) is 0 Å². The maximum absolute atomic E-state index is 10.8. The van der Waals surface area contributed by atoms with Crippen LogP contribution in [0.5, 0.6) is 0 Å². The number of amides is 1. The summed E-state index contributed by atoms with van der Waals surface area (Å²) >= 11 is 0. The molecule has 1 aliphatic rings. The van der Waals surface area contributed by atoms with E-state index in [-0.39, 0.29) is 11.8 Å². The summed E-state index contributed by atoms with van der Waals surface area (Å²) in [7, 11) is 0. The van der Waals surface area contributed by atoms with Crippen molar-refractivity contribution >= 4 is 5.91 Å². The van der Waals surface area contributed by atoms with E-state index in [1.807, 2.05) is 0 Å². The van der Waals surface area contributed by atoms with Gasteiger partial charge in [0.1, 0.15) is 0 Å². The van der Waals surface area contributed by atoms with Crippen molar-refractivity contribution in [3.05, 3.63) is 0 Å². The maximum atomic E-state index is 10.8. The van der Waals surface area contributed by atoms with E-state index >= 15 is 0 Å². The molecular formula is C6H12N2O2. The number of carbonyl (C=O) groups excluding carboxylic acids is 1. The van der Waals surface area contributed by atoms with E-state index in [1.165, 1.54) is 0 Å². The second-order valence-electron chi connectivity index (χ2n) is 2.50. The van der Waals surface area contributed by atoms with Crippen LogP contribution < -0.4 is 10.8 Å². The molecule has 0 bridgehead atoms. The Hall–Kier alpha value is -0.610. The summed E-state index contributed by atoms with van der Waals surface area (Å²) < 4.78 is 0. The van der Waals surface area contributed by atoms with Crippen LogP contribution in [0.2, 0.25) is 0 Å². The van der Waals surface area contributed by atoms with Crippen molar-refractivity contribution in [2.45, 2.75) is 12.8 Å². The molecule has 10 heavy (non-hydrogen) atoms. The first-order valence-electron chi connectivity index (χ1n) is 3.49. The van der Waals surface area contributed by atoms with Crippen LogP contribution in [0.15, 0.2) is 0 Å². The minimum absolute atomic E-state index is 0.00579. The van der Waals surface area contributed by atoms with Crippen molar-refractivity contribution in [2.75, 3.05) is 13.1 Å². The fourth-order valence-electron chi connectivity index (χ4n) is 1.18. The molecule has 0 atom stereocenters. The molecule has 0 radical (unpaired) electrons. The van der Waals surface area contributed by atoms with Crippen LogP contribution in [-0.4, -0.2) is 24.2 Å². The van der Waals surface area contributed by atoms with E-state index in [1.54, 1.807) is 5.48 Å². The highest BCUT2D eigenvalue weighted by molar-refractivity contribution is 5.77. The Morgan fingerprint density at radius 3 is 2.60 bits per heavy atom. The lowest BCUT2D eigenvalue weighted by molar-refractivity contribution is -0.134. The lowest BCUT2D eigenvalue weighted by Crippen LogP contribution is -2.36. The minimum Gasteiger partial charge on any atom is -0.317 e. The van der Waals surface area contributed by atoms with Gasteiger partial charge in [0, 0.05) is 5.92 Å². The third kappa shape index (κ3) is 1.68. The van der Waals surface area contributed by atoms with Crippen LogP contribution in [0.3, 0.4) is 0 Å². The summed E-state index contributed by atoms with van der Waals surface area (Å²) in [6, 6.07) is 0. The van der Waals surface area contributed by atoms with Gasteiger partial charge < -0.3 is 5.32 Å². The number of rotatable bonds is 1. The zero-order chi connectivity index (χ0) is 7.40. The summed E-state index contributed by atoms with van der Waals surface area (Å²) in [5, 5.41) is 11.4. The fourth-order valence-corrected chi connectivity index (χ4v) is 1.18. The number of hydrogen-bond donors (Lipinski definition) is 3. The Balaban J connectivity index is 2.31. The zero-order valence-corrected chi connectivity index (χ0v) is 5.76. The second-order valence-corrected chi connectivity index (χ2v) is 2.50. The van der Waals surface area contributed by atoms with Crippen LogP contribution in [0.25, 0.3) is 0 Å². The molecule has 0 saturated carbocycles. The van der Waals surface area contributed by atoms with Crippen molar-refractivity contribution in [2.24, 2.45) is 5.92 Å². The second kappa shape index (κ2) is 3.53. The summed E-state index contributed by atoms with van der Waals surface area (Å²) in [4.78, 5) is 10.8. The molecule has 4 heteroatoms. The summed E-state index contributed by atoms with van der Waals surface area (Å²) in [6.45, 7) is 1.75. The number of hydroxylamine groups is 1. The molecule has 0 unspecified atom stereocenters. The molecule has 1 amide bonds. The molecule has 1 fully saturated rings. The van der Waals surface area contributed by atoms with Crippen molar-refractivity contribution in [3.63, 3.8) is 0 Å². The first-order chi connectivity index (χ1) is 4.84. The first kappa shape index (κ1) is 7.50. The minimum atomic E-state index is -0.249. The lowest BCUT2D eigenvalue weighted by Gasteiger charge is -2.19. The fraction of sp³-hybridized carbons (Fsp3) is 0.833. The quantitative estimate of drug-likeness (QED) is 0.343. The monoisotopic (exact) mass is 144 g/mol. The van der Waals surface area contributed by atoms with E-state index in [4.69, 9.17) is 5.21 Å². The molecule has 0 aliphatic carbocycles. The molecule has 0 aromatic rings. The normalized spacial score (nSPS) is 20.5. The van der Waals surface area contributed by atoms with E-state index in [0.29, 0.717) is 0 Å². The molecule has 1 rings (SSSR count). The number of nitrogens with one attached hydrogen (secondary N) is 2. The lowest BCUT2D eigenvalue weighted by atomic mass is 9.98. The van der Waals surface area contributed by atoms with E-state index in [0.717, 1.165) is 25.9 Å². The van der Waals surface area contributed by atoms with Gasteiger partial charge >= 0.3 is 0 Å². The Labute approximate surface area is 59.6 Å². The average Bonchev–Trinajstić information content (AvgIpc) is 2.05. The Morgan fingerprint density at radius 1 is 1.50 bits per heavy atom. The predicted octanol–water partition coefficient (Wildman–Crippen LogP) is -0.509. The van der Waals surface area contributed by atoms with Crippen molar-refractivity contribution in [3.8, 4) is 0 Å². The third-order valence-corrected chi connectivity index (χ3v) is 1.82. The van der Waals surface area contributed by atoms with Crippen molar-refractivity contribution < 1.29 is 10.0 Å². The zero-order valence-electron chi connectivity index (χ0n) is 5.76. The van der Waals surface area contributed by atoms with Gasteiger partial charge in [-0.05, 0) is 25.9 Å². The highest BCUT2D eigenvalue weighted by Gasteiger charge is 2.19. The van der Waals surface area contributed by atoms with E-state index in [9.17, 15) is 4.79 Å². The Bertz CT molecular complexity index is 121. The molecule has 3 N–H and O–H groups in total. The highest BCUT2D eigenvalue weighted by atomic mass is 16.5. The molecule has 1 heterocycles. The summed E-state index contributed by atoms with van der Waals surface area (Å²) in [6.07, 6.45) is 1.65.